The van der Waals surface area contributed by atoms with E-state index in [1.165, 1.54) is 11.1 Å². The van der Waals surface area contributed by atoms with Gasteiger partial charge >= 0.3 is 0 Å². The van der Waals surface area contributed by atoms with Gasteiger partial charge in [-0.3, -0.25) is 4.98 Å². The van der Waals surface area contributed by atoms with Crippen LogP contribution in [0.25, 0.3) is 110 Å². The molecule has 0 spiro atoms. The van der Waals surface area contributed by atoms with Crippen molar-refractivity contribution in [1.29, 1.82) is 0 Å². The summed E-state index contributed by atoms with van der Waals surface area (Å²) in [6.45, 7) is 0. The minimum Gasteiger partial charge on any atom is -0.456 e. The van der Waals surface area contributed by atoms with E-state index in [1.54, 1.807) is 0 Å². The van der Waals surface area contributed by atoms with Crippen LogP contribution in [0.3, 0.4) is 0 Å². The molecule has 0 radical (unpaired) electrons. The number of hydrogen-bond donors (Lipinski definition) is 0. The van der Waals surface area contributed by atoms with Gasteiger partial charge in [-0.2, -0.15) is 0 Å². The zero-order valence-electron chi connectivity index (χ0n) is 27.3. The Balaban J connectivity index is 0.985. The molecule has 0 N–H and O–H groups in total. The van der Waals surface area contributed by atoms with Gasteiger partial charge in [-0.1, -0.05) is 78.9 Å². The molecule has 0 aliphatic rings. The zero-order valence-corrected chi connectivity index (χ0v) is 27.3. The minimum absolute atomic E-state index is 0.801. The summed E-state index contributed by atoms with van der Waals surface area (Å²) in [5.41, 5.74) is 15.2. The molecule has 0 amide bonds. The Labute approximate surface area is 291 Å². The van der Waals surface area contributed by atoms with Crippen LogP contribution in [0.2, 0.25) is 0 Å². The van der Waals surface area contributed by atoms with Crippen LogP contribution in [0.5, 0.6) is 0 Å². The van der Waals surface area contributed by atoms with E-state index >= 15 is 0 Å². The maximum absolute atomic E-state index is 6.34. The van der Waals surface area contributed by atoms with Crippen molar-refractivity contribution >= 4 is 65.9 Å². The van der Waals surface area contributed by atoms with Crippen molar-refractivity contribution in [2.24, 2.45) is 0 Å². The highest BCUT2D eigenvalue weighted by atomic mass is 16.3. The van der Waals surface area contributed by atoms with E-state index in [9.17, 15) is 0 Å². The second-order valence-electron chi connectivity index (χ2n) is 13.2. The normalized spacial score (nSPS) is 11.9. The van der Waals surface area contributed by atoms with Gasteiger partial charge in [0.25, 0.3) is 0 Å². The summed E-state index contributed by atoms with van der Waals surface area (Å²) in [6, 6.07) is 55.2. The average Bonchev–Trinajstić information content (AvgIpc) is 3.88. The highest BCUT2D eigenvalue weighted by molar-refractivity contribution is 6.10. The fraction of sp³-hybridized carbons (Fsp3) is 0. The summed E-state index contributed by atoms with van der Waals surface area (Å²) in [6.07, 6.45) is 1.81. The van der Waals surface area contributed by atoms with Crippen molar-refractivity contribution in [2.45, 2.75) is 0 Å². The second-order valence-corrected chi connectivity index (χ2v) is 13.2. The lowest BCUT2D eigenvalue weighted by atomic mass is 9.96. The van der Waals surface area contributed by atoms with Crippen LogP contribution in [-0.2, 0) is 0 Å². The predicted octanol–water partition coefficient (Wildman–Crippen LogP) is 13.4. The first-order chi connectivity index (χ1) is 25.2. The monoisotopic (exact) mass is 653 g/mol. The SMILES string of the molecule is c1ccc(-c2ccc3oc4ccc(-c5ccc6oc7ccc(-c8cccc(-c9ccc%10oc%11cccnc%11c%10c9)c8)cc7c6c5)cc4c3c2)cc1. The standard InChI is InChI=1S/C47H27NO3/c1-2-6-28(7-3-1)31-11-16-41-36(23-31)38-25-33(13-18-43(38)49-41)34-14-19-44-39(26-34)37-24-32(12-17-42(37)50-44)29-8-4-9-30(22-29)35-15-20-45-40(27-35)47-46(51-45)10-5-21-48-47/h1-27H. The molecule has 7 aromatic carbocycles. The predicted molar refractivity (Wildman–Crippen MR) is 208 cm³/mol. The summed E-state index contributed by atoms with van der Waals surface area (Å²) in [7, 11) is 0. The summed E-state index contributed by atoms with van der Waals surface area (Å²) in [5.74, 6) is 0. The van der Waals surface area contributed by atoms with Gasteiger partial charge in [0, 0.05) is 33.1 Å². The molecule has 4 heteroatoms. The van der Waals surface area contributed by atoms with Gasteiger partial charge in [0.15, 0.2) is 5.58 Å². The number of furan rings is 3. The topological polar surface area (TPSA) is 52.3 Å². The molecule has 0 aliphatic heterocycles. The molecule has 11 aromatic rings. The molecule has 0 unspecified atom stereocenters. The molecule has 238 valence electrons. The van der Waals surface area contributed by atoms with Crippen molar-refractivity contribution in [1.82, 2.24) is 4.98 Å². The van der Waals surface area contributed by atoms with Gasteiger partial charge in [0.1, 0.15) is 33.4 Å². The molecule has 0 saturated heterocycles. The molecule has 0 atom stereocenters. The Morgan fingerprint density at radius 1 is 0.275 bits per heavy atom. The molecular weight excluding hydrogens is 627 g/mol. The maximum Gasteiger partial charge on any atom is 0.153 e. The molecule has 51 heavy (non-hydrogen) atoms. The molecule has 4 nitrogen and oxygen atoms in total. The quantitative estimate of drug-likeness (QED) is 0.190. The number of rotatable bonds is 4. The lowest BCUT2D eigenvalue weighted by Gasteiger charge is -2.07. The maximum atomic E-state index is 6.34. The van der Waals surface area contributed by atoms with Gasteiger partial charge in [-0.05, 0) is 123 Å². The first-order valence-corrected chi connectivity index (χ1v) is 17.1. The molecule has 0 fully saturated rings. The van der Waals surface area contributed by atoms with Gasteiger partial charge in [-0.25, -0.2) is 0 Å². The largest absolute Gasteiger partial charge is 0.456 e. The van der Waals surface area contributed by atoms with E-state index in [4.69, 9.17) is 13.3 Å². The van der Waals surface area contributed by atoms with Crippen LogP contribution >= 0.6 is 0 Å². The Morgan fingerprint density at radius 3 is 1.18 bits per heavy atom. The third kappa shape index (κ3) is 4.50. The number of fused-ring (bicyclic) bond motifs is 9. The van der Waals surface area contributed by atoms with Crippen molar-refractivity contribution < 1.29 is 13.3 Å². The number of aromatic nitrogens is 1. The number of hydrogen-bond acceptors (Lipinski definition) is 4. The molecule has 0 saturated carbocycles. The van der Waals surface area contributed by atoms with Gasteiger partial charge in [0.2, 0.25) is 0 Å². The first-order valence-electron chi connectivity index (χ1n) is 17.1. The van der Waals surface area contributed by atoms with Crippen LogP contribution in [-0.4, -0.2) is 4.98 Å². The summed E-state index contributed by atoms with van der Waals surface area (Å²) in [5, 5.41) is 5.43. The van der Waals surface area contributed by atoms with Crippen molar-refractivity contribution in [3.8, 4) is 44.5 Å². The van der Waals surface area contributed by atoms with Crippen molar-refractivity contribution in [3.05, 3.63) is 164 Å². The summed E-state index contributed by atoms with van der Waals surface area (Å²) in [4.78, 5) is 4.57. The molecule has 0 bridgehead atoms. The van der Waals surface area contributed by atoms with E-state index in [2.05, 4.69) is 138 Å². The van der Waals surface area contributed by atoms with Crippen LogP contribution in [0, 0.1) is 0 Å². The van der Waals surface area contributed by atoms with Crippen LogP contribution in [0.15, 0.2) is 177 Å². The molecular formula is C47H27NO3. The lowest BCUT2D eigenvalue weighted by molar-refractivity contribution is 0.668. The Bertz CT molecular complexity index is 3140. The van der Waals surface area contributed by atoms with Gasteiger partial charge in [0.05, 0.1) is 0 Å². The van der Waals surface area contributed by atoms with Crippen LogP contribution < -0.4 is 0 Å². The number of pyridine rings is 1. The van der Waals surface area contributed by atoms with E-state index in [0.29, 0.717) is 0 Å². The highest BCUT2D eigenvalue weighted by Crippen LogP contribution is 2.39. The number of nitrogens with zero attached hydrogens (tertiary/aromatic N) is 1. The van der Waals surface area contributed by atoms with Gasteiger partial charge in [-0.15, -0.1) is 0 Å². The molecule has 4 heterocycles. The average molecular weight is 654 g/mol. The van der Waals surface area contributed by atoms with Crippen LogP contribution in [0.4, 0.5) is 0 Å². The van der Waals surface area contributed by atoms with Crippen molar-refractivity contribution in [3.63, 3.8) is 0 Å². The van der Waals surface area contributed by atoms with Crippen LogP contribution in [0.1, 0.15) is 0 Å². The first kappa shape index (κ1) is 28.0. The van der Waals surface area contributed by atoms with Crippen molar-refractivity contribution in [2.75, 3.05) is 0 Å². The molecule has 4 aromatic heterocycles. The Morgan fingerprint density at radius 2 is 0.667 bits per heavy atom. The minimum atomic E-state index is 0.801. The van der Waals surface area contributed by atoms with E-state index in [1.807, 2.05) is 30.5 Å². The smallest absolute Gasteiger partial charge is 0.153 e. The Kier molecular flexibility index (Phi) is 5.92. The summed E-state index contributed by atoms with van der Waals surface area (Å²) >= 11 is 0. The third-order valence-corrected chi connectivity index (χ3v) is 10.1. The lowest BCUT2D eigenvalue weighted by Crippen LogP contribution is -1.82. The van der Waals surface area contributed by atoms with Gasteiger partial charge < -0.3 is 13.3 Å². The third-order valence-electron chi connectivity index (χ3n) is 10.1. The Hall–Kier alpha value is -6.91. The summed E-state index contributed by atoms with van der Waals surface area (Å²) < 4.78 is 18.6. The van der Waals surface area contributed by atoms with E-state index in [0.717, 1.165) is 99.3 Å². The highest BCUT2D eigenvalue weighted by Gasteiger charge is 2.14. The molecule has 0 aliphatic carbocycles. The fourth-order valence-corrected chi connectivity index (χ4v) is 7.56. The second kappa shape index (κ2) is 10.8. The zero-order chi connectivity index (χ0) is 33.5. The molecule has 11 rings (SSSR count). The van der Waals surface area contributed by atoms with E-state index in [-0.39, 0.29) is 0 Å². The van der Waals surface area contributed by atoms with E-state index < -0.39 is 0 Å². The fourth-order valence-electron chi connectivity index (χ4n) is 7.56. The number of benzene rings is 7.